The van der Waals surface area contributed by atoms with Crippen LogP contribution < -0.4 is 0 Å². The minimum atomic E-state index is -3.13. The number of rotatable bonds is 4. The van der Waals surface area contributed by atoms with Crippen LogP contribution in [0.5, 0.6) is 0 Å². The van der Waals surface area contributed by atoms with Gasteiger partial charge in [0.05, 0.1) is 6.61 Å². The van der Waals surface area contributed by atoms with Crippen LogP contribution in [0.15, 0.2) is 42.7 Å². The zero-order valence-electron chi connectivity index (χ0n) is 10.9. The molecule has 0 spiro atoms. The van der Waals surface area contributed by atoms with E-state index in [-0.39, 0.29) is 6.61 Å². The fraction of sp³-hybridized carbons (Fsp3) is 0.267. The van der Waals surface area contributed by atoms with E-state index in [1.165, 1.54) is 0 Å². The molecule has 19 heavy (non-hydrogen) atoms. The molecule has 0 amide bonds. The van der Waals surface area contributed by atoms with Crippen LogP contribution in [0.3, 0.4) is 0 Å². The Morgan fingerprint density at radius 3 is 2.63 bits per heavy atom. The molecule has 1 heterocycles. The number of nitrogens with zero attached hydrogens (tertiary/aromatic N) is 1. The molecule has 0 bridgehead atoms. The summed E-state index contributed by atoms with van der Waals surface area (Å²) in [7, 11) is 0. The first-order valence-electron chi connectivity index (χ1n) is 5.97. The maximum Gasteiger partial charge on any atom is 0.353 e. The molecular weight excluding hydrogens is 248 g/mol. The Kier molecular flexibility index (Phi) is 3.90. The summed E-state index contributed by atoms with van der Waals surface area (Å²) in [4.78, 5) is 4.12. The van der Waals surface area contributed by atoms with E-state index in [9.17, 15) is 8.78 Å². The fourth-order valence-electron chi connectivity index (χ4n) is 1.83. The molecule has 0 N–H and O–H groups in total. The maximum atomic E-state index is 12.8. The van der Waals surface area contributed by atoms with Crippen molar-refractivity contribution in [1.82, 2.24) is 4.98 Å². The van der Waals surface area contributed by atoms with Gasteiger partial charge in [-0.2, -0.15) is 8.78 Å². The Hall–Kier alpha value is -1.81. The van der Waals surface area contributed by atoms with Crippen molar-refractivity contribution in [3.8, 4) is 11.1 Å². The van der Waals surface area contributed by atoms with Crippen LogP contribution in [0.25, 0.3) is 11.1 Å². The summed E-state index contributed by atoms with van der Waals surface area (Å²) >= 11 is 0. The minimum Gasteiger partial charge on any atom is -0.316 e. The number of aromatic nitrogens is 1. The monoisotopic (exact) mass is 263 g/mol. The standard InChI is InChI=1S/C15H15F2NO/c1-11-7-13(9-18-8-11)14-6-4-3-5-12(14)10-19-15(2,16)17/h3-9H,10H2,1-2H3. The Balaban J connectivity index is 2.31. The molecule has 0 aliphatic rings. The lowest BCUT2D eigenvalue weighted by molar-refractivity contribution is -0.231. The largest absolute Gasteiger partial charge is 0.353 e. The lowest BCUT2D eigenvalue weighted by atomic mass is 10.0. The SMILES string of the molecule is Cc1cncc(-c2ccccc2COC(C)(F)F)c1. The quantitative estimate of drug-likeness (QED) is 0.825. The van der Waals surface area contributed by atoms with Crippen LogP contribution in [-0.2, 0) is 11.3 Å². The summed E-state index contributed by atoms with van der Waals surface area (Å²) in [6, 6.07) is 9.30. The predicted molar refractivity (Wildman–Crippen MR) is 69.8 cm³/mol. The number of aryl methyl sites for hydroxylation is 1. The number of pyridine rings is 1. The molecular formula is C15H15F2NO. The second kappa shape index (κ2) is 5.45. The Bertz CT molecular complexity index is 564. The third-order valence-electron chi connectivity index (χ3n) is 2.68. The van der Waals surface area contributed by atoms with Crippen LogP contribution in [-0.4, -0.2) is 11.1 Å². The second-order valence-electron chi connectivity index (χ2n) is 4.50. The maximum absolute atomic E-state index is 12.8. The Morgan fingerprint density at radius 1 is 1.21 bits per heavy atom. The smallest absolute Gasteiger partial charge is 0.316 e. The molecule has 0 saturated heterocycles. The number of hydrogen-bond donors (Lipinski definition) is 0. The lowest BCUT2D eigenvalue weighted by Crippen LogP contribution is -2.15. The zero-order valence-corrected chi connectivity index (χ0v) is 10.9. The molecule has 1 aromatic heterocycles. The minimum absolute atomic E-state index is 0.131. The molecule has 0 aliphatic carbocycles. The third kappa shape index (κ3) is 3.83. The van der Waals surface area contributed by atoms with Crippen molar-refractivity contribution >= 4 is 0 Å². The van der Waals surface area contributed by atoms with E-state index < -0.39 is 6.11 Å². The first-order chi connectivity index (χ1) is 8.96. The Morgan fingerprint density at radius 2 is 1.95 bits per heavy atom. The third-order valence-corrected chi connectivity index (χ3v) is 2.68. The summed E-state index contributed by atoms with van der Waals surface area (Å²) in [6.45, 7) is 2.55. The zero-order chi connectivity index (χ0) is 13.9. The summed E-state index contributed by atoms with van der Waals surface area (Å²) in [5.41, 5.74) is 3.51. The van der Waals surface area contributed by atoms with Gasteiger partial charge in [0.1, 0.15) is 0 Å². The molecule has 0 atom stereocenters. The van der Waals surface area contributed by atoms with Crippen molar-refractivity contribution in [3.63, 3.8) is 0 Å². The highest BCUT2D eigenvalue weighted by Crippen LogP contribution is 2.26. The van der Waals surface area contributed by atoms with Crippen LogP contribution in [0.2, 0.25) is 0 Å². The van der Waals surface area contributed by atoms with Gasteiger partial charge in [0, 0.05) is 24.9 Å². The van der Waals surface area contributed by atoms with Crippen molar-refractivity contribution in [1.29, 1.82) is 0 Å². The van der Waals surface area contributed by atoms with Crippen molar-refractivity contribution in [2.75, 3.05) is 0 Å². The van der Waals surface area contributed by atoms with E-state index in [4.69, 9.17) is 0 Å². The van der Waals surface area contributed by atoms with Gasteiger partial charge in [0.2, 0.25) is 0 Å². The van der Waals surface area contributed by atoms with Crippen LogP contribution in [0, 0.1) is 6.92 Å². The Labute approximate surface area is 111 Å². The number of benzene rings is 1. The van der Waals surface area contributed by atoms with Gasteiger partial charge in [-0.05, 0) is 29.7 Å². The molecule has 0 aliphatic heterocycles. The lowest BCUT2D eigenvalue weighted by Gasteiger charge is -2.14. The van der Waals surface area contributed by atoms with Crippen molar-refractivity contribution in [2.24, 2.45) is 0 Å². The number of ether oxygens (including phenoxy) is 1. The summed E-state index contributed by atoms with van der Waals surface area (Å²) < 4.78 is 30.1. The van der Waals surface area contributed by atoms with Crippen molar-refractivity contribution in [2.45, 2.75) is 26.6 Å². The van der Waals surface area contributed by atoms with Gasteiger partial charge in [0.25, 0.3) is 0 Å². The summed E-state index contributed by atoms with van der Waals surface area (Å²) in [5.74, 6) is 0. The molecule has 0 unspecified atom stereocenters. The normalized spacial score (nSPS) is 11.6. The topological polar surface area (TPSA) is 22.1 Å². The number of halogens is 2. The highest BCUT2D eigenvalue weighted by Gasteiger charge is 2.22. The van der Waals surface area contributed by atoms with Gasteiger partial charge in [-0.1, -0.05) is 24.3 Å². The molecule has 4 heteroatoms. The molecule has 0 radical (unpaired) electrons. The van der Waals surface area contributed by atoms with Gasteiger partial charge in [0.15, 0.2) is 0 Å². The van der Waals surface area contributed by atoms with E-state index in [0.717, 1.165) is 29.2 Å². The molecule has 0 fully saturated rings. The average molecular weight is 263 g/mol. The van der Waals surface area contributed by atoms with Gasteiger partial charge < -0.3 is 4.74 Å². The second-order valence-corrected chi connectivity index (χ2v) is 4.50. The number of hydrogen-bond acceptors (Lipinski definition) is 2. The van der Waals surface area contributed by atoms with Crippen molar-refractivity contribution in [3.05, 3.63) is 53.9 Å². The van der Waals surface area contributed by atoms with Gasteiger partial charge >= 0.3 is 6.11 Å². The molecule has 1 aromatic carbocycles. The van der Waals surface area contributed by atoms with Crippen LogP contribution in [0.4, 0.5) is 8.78 Å². The summed E-state index contributed by atoms with van der Waals surface area (Å²) in [5, 5.41) is 0. The first kappa shape index (κ1) is 13.6. The summed E-state index contributed by atoms with van der Waals surface area (Å²) in [6.07, 6.45) is 0.344. The molecule has 2 rings (SSSR count). The van der Waals surface area contributed by atoms with E-state index in [1.807, 2.05) is 25.1 Å². The molecule has 0 saturated carbocycles. The van der Waals surface area contributed by atoms with Crippen LogP contribution in [0.1, 0.15) is 18.1 Å². The molecule has 2 aromatic rings. The fourth-order valence-corrected chi connectivity index (χ4v) is 1.83. The van der Waals surface area contributed by atoms with E-state index in [2.05, 4.69) is 9.72 Å². The van der Waals surface area contributed by atoms with Gasteiger partial charge in [-0.3, -0.25) is 4.98 Å². The highest BCUT2D eigenvalue weighted by molar-refractivity contribution is 5.66. The van der Waals surface area contributed by atoms with Crippen LogP contribution >= 0.6 is 0 Å². The van der Waals surface area contributed by atoms with Gasteiger partial charge in [-0.25, -0.2) is 0 Å². The van der Waals surface area contributed by atoms with Crippen molar-refractivity contribution < 1.29 is 13.5 Å². The molecule has 2 nitrogen and oxygen atoms in total. The van der Waals surface area contributed by atoms with E-state index >= 15 is 0 Å². The average Bonchev–Trinajstić information content (AvgIpc) is 2.36. The number of alkyl halides is 2. The first-order valence-corrected chi connectivity index (χ1v) is 5.97. The van der Waals surface area contributed by atoms with Gasteiger partial charge in [-0.15, -0.1) is 0 Å². The predicted octanol–water partition coefficient (Wildman–Crippen LogP) is 4.19. The molecule has 100 valence electrons. The highest BCUT2D eigenvalue weighted by atomic mass is 19.3. The van der Waals surface area contributed by atoms with E-state index in [0.29, 0.717) is 0 Å². The van der Waals surface area contributed by atoms with E-state index in [1.54, 1.807) is 24.5 Å².